The molecule has 3 aliphatic heterocycles. The molecule has 0 spiro atoms. The Balaban J connectivity index is 1.32. The topological polar surface area (TPSA) is 108 Å². The second-order valence-electron chi connectivity index (χ2n) is 6.94. The molecule has 32 heavy (non-hydrogen) atoms. The van der Waals surface area contributed by atoms with Crippen molar-refractivity contribution in [1.82, 2.24) is 9.91 Å². The molecule has 1 fully saturated rings. The lowest BCUT2D eigenvalue weighted by Gasteiger charge is -2.26. The van der Waals surface area contributed by atoms with Crippen molar-refractivity contribution in [2.75, 3.05) is 26.3 Å². The van der Waals surface area contributed by atoms with Crippen LogP contribution in [0.25, 0.3) is 6.08 Å². The van der Waals surface area contributed by atoms with Crippen LogP contribution in [0.2, 0.25) is 0 Å². The number of fused-ring (bicyclic) bond motifs is 1. The highest BCUT2D eigenvalue weighted by molar-refractivity contribution is 8.26. The number of thioether (sulfide) groups is 1. The monoisotopic (exact) mass is 467 g/mol. The summed E-state index contributed by atoms with van der Waals surface area (Å²) in [6.45, 7) is 2.65. The SMILES string of the molecule is N=C1/C(=C\c2ccc(OC(=O)c3cccs3)cc2)C(=O)N=C2SC(N3CCOCC3)=NN12. The third kappa shape index (κ3) is 4.09. The van der Waals surface area contributed by atoms with Crippen molar-refractivity contribution in [3.8, 4) is 5.75 Å². The van der Waals surface area contributed by atoms with Gasteiger partial charge in [0.05, 0.1) is 18.8 Å². The lowest BCUT2D eigenvalue weighted by Crippen LogP contribution is -2.39. The Kier molecular flexibility index (Phi) is 5.60. The molecule has 2 aromatic rings. The molecule has 11 heteroatoms. The van der Waals surface area contributed by atoms with Gasteiger partial charge in [0.15, 0.2) is 11.0 Å². The van der Waals surface area contributed by atoms with E-state index in [0.717, 1.165) is 0 Å². The van der Waals surface area contributed by atoms with E-state index in [2.05, 4.69) is 15.0 Å². The zero-order valence-corrected chi connectivity index (χ0v) is 18.3. The van der Waals surface area contributed by atoms with E-state index in [1.807, 2.05) is 5.38 Å². The van der Waals surface area contributed by atoms with E-state index >= 15 is 0 Å². The molecule has 0 bridgehead atoms. The lowest BCUT2D eigenvalue weighted by atomic mass is 10.1. The van der Waals surface area contributed by atoms with Crippen molar-refractivity contribution in [3.63, 3.8) is 0 Å². The van der Waals surface area contributed by atoms with Crippen LogP contribution in [0.15, 0.2) is 57.4 Å². The molecule has 9 nitrogen and oxygen atoms in total. The number of benzene rings is 1. The molecular formula is C21H17N5O4S2. The van der Waals surface area contributed by atoms with Crippen molar-refractivity contribution in [2.45, 2.75) is 0 Å². The van der Waals surface area contributed by atoms with Gasteiger partial charge in [-0.15, -0.1) is 16.4 Å². The largest absolute Gasteiger partial charge is 0.422 e. The maximum Gasteiger partial charge on any atom is 0.353 e. The zero-order valence-electron chi connectivity index (χ0n) is 16.7. The number of amides is 1. The number of amidine groups is 3. The van der Waals surface area contributed by atoms with E-state index < -0.39 is 11.9 Å². The summed E-state index contributed by atoms with van der Waals surface area (Å²) in [5.74, 6) is -0.534. The minimum atomic E-state index is -0.486. The molecule has 1 aromatic heterocycles. The molecule has 4 heterocycles. The van der Waals surface area contributed by atoms with Gasteiger partial charge in [-0.1, -0.05) is 18.2 Å². The van der Waals surface area contributed by atoms with E-state index in [4.69, 9.17) is 14.9 Å². The Morgan fingerprint density at radius 2 is 1.94 bits per heavy atom. The number of nitrogens with one attached hydrogen (secondary N) is 1. The van der Waals surface area contributed by atoms with Crippen LogP contribution < -0.4 is 4.74 Å². The fraction of sp³-hybridized carbons (Fsp3) is 0.190. The number of esters is 1. The van der Waals surface area contributed by atoms with E-state index in [0.29, 0.717) is 52.8 Å². The summed E-state index contributed by atoms with van der Waals surface area (Å²) in [5.41, 5.74) is 0.821. The van der Waals surface area contributed by atoms with E-state index in [-0.39, 0.29) is 11.4 Å². The van der Waals surface area contributed by atoms with Crippen molar-refractivity contribution in [1.29, 1.82) is 5.41 Å². The van der Waals surface area contributed by atoms with Gasteiger partial charge in [0.2, 0.25) is 5.17 Å². The Morgan fingerprint density at radius 1 is 1.16 bits per heavy atom. The predicted molar refractivity (Wildman–Crippen MR) is 123 cm³/mol. The first-order valence-electron chi connectivity index (χ1n) is 9.77. The van der Waals surface area contributed by atoms with E-state index in [1.165, 1.54) is 28.1 Å². The number of hydrazone groups is 1. The summed E-state index contributed by atoms with van der Waals surface area (Å²) in [7, 11) is 0. The number of hydrogen-bond donors (Lipinski definition) is 1. The van der Waals surface area contributed by atoms with Gasteiger partial charge in [0.1, 0.15) is 10.6 Å². The van der Waals surface area contributed by atoms with Crippen molar-refractivity contribution in [3.05, 3.63) is 57.8 Å². The van der Waals surface area contributed by atoms with Gasteiger partial charge in [-0.2, -0.15) is 10.0 Å². The number of ether oxygens (including phenoxy) is 2. The number of carbonyl (C=O) groups is 2. The average Bonchev–Trinajstić information content (AvgIpc) is 3.49. The van der Waals surface area contributed by atoms with Gasteiger partial charge < -0.3 is 14.4 Å². The number of aliphatic imine (C=N–C) groups is 1. The molecular weight excluding hydrogens is 450 g/mol. The fourth-order valence-corrected chi connectivity index (χ4v) is 4.76. The quantitative estimate of drug-likeness (QED) is 0.420. The standard InChI is InChI=1S/C21H17N5O4S2/c22-17-15(12-13-3-5-14(6-4-13)30-19(28)16-2-1-11-31-16)18(27)23-20-26(17)24-21(32-20)25-7-9-29-10-8-25/h1-6,11-12,22H,7-10H2/b15-12+,22-17?. The van der Waals surface area contributed by atoms with Crippen LogP contribution in [0.1, 0.15) is 15.2 Å². The number of hydrogen-bond acceptors (Lipinski definition) is 9. The molecule has 0 radical (unpaired) electrons. The fourth-order valence-electron chi connectivity index (χ4n) is 3.22. The number of nitrogens with zero attached hydrogens (tertiary/aromatic N) is 4. The lowest BCUT2D eigenvalue weighted by molar-refractivity contribution is -0.114. The maximum absolute atomic E-state index is 12.6. The highest BCUT2D eigenvalue weighted by atomic mass is 32.2. The third-order valence-electron chi connectivity index (χ3n) is 4.85. The van der Waals surface area contributed by atoms with Crippen LogP contribution in [0.4, 0.5) is 0 Å². The van der Waals surface area contributed by atoms with Gasteiger partial charge in [-0.25, -0.2) is 4.79 Å². The molecule has 0 saturated carbocycles. The van der Waals surface area contributed by atoms with E-state index in [1.54, 1.807) is 42.5 Å². The summed E-state index contributed by atoms with van der Waals surface area (Å²) in [4.78, 5) is 31.4. The predicted octanol–water partition coefficient (Wildman–Crippen LogP) is 2.88. The summed E-state index contributed by atoms with van der Waals surface area (Å²) in [6, 6.07) is 10.2. The first-order valence-corrected chi connectivity index (χ1v) is 11.5. The Labute approximate surface area is 191 Å². The normalized spacial score (nSPS) is 19.7. The van der Waals surface area contributed by atoms with Gasteiger partial charge in [0.25, 0.3) is 5.91 Å². The second kappa shape index (κ2) is 8.69. The van der Waals surface area contributed by atoms with Crippen LogP contribution in [0.5, 0.6) is 5.75 Å². The molecule has 5 rings (SSSR count). The molecule has 0 unspecified atom stereocenters. The first-order chi connectivity index (χ1) is 15.6. The van der Waals surface area contributed by atoms with Crippen LogP contribution >= 0.6 is 23.1 Å². The van der Waals surface area contributed by atoms with Gasteiger partial charge >= 0.3 is 5.97 Å². The molecule has 1 N–H and O–H groups in total. The van der Waals surface area contributed by atoms with Crippen LogP contribution in [-0.2, 0) is 9.53 Å². The molecule has 1 aromatic carbocycles. The van der Waals surface area contributed by atoms with Gasteiger partial charge in [-0.05, 0) is 47.0 Å². The summed E-state index contributed by atoms with van der Waals surface area (Å²) in [5, 5.41) is 17.3. The zero-order chi connectivity index (χ0) is 22.1. The maximum atomic E-state index is 12.6. The molecule has 0 aliphatic carbocycles. The summed E-state index contributed by atoms with van der Waals surface area (Å²) >= 11 is 2.59. The smallest absolute Gasteiger partial charge is 0.353 e. The average molecular weight is 468 g/mol. The molecule has 0 atom stereocenters. The molecule has 1 amide bonds. The minimum absolute atomic E-state index is 0.0241. The van der Waals surface area contributed by atoms with Crippen molar-refractivity contribution in [2.24, 2.45) is 10.1 Å². The highest BCUT2D eigenvalue weighted by Gasteiger charge is 2.37. The Hall–Kier alpha value is -3.28. The number of thiophene rings is 1. The van der Waals surface area contributed by atoms with Crippen molar-refractivity contribution >= 4 is 57.2 Å². The first kappa shape index (κ1) is 20.6. The van der Waals surface area contributed by atoms with Crippen LogP contribution in [-0.4, -0.2) is 64.3 Å². The van der Waals surface area contributed by atoms with Gasteiger partial charge in [0, 0.05) is 13.1 Å². The molecule has 1 saturated heterocycles. The number of carbonyl (C=O) groups excluding carboxylic acids is 2. The molecule has 162 valence electrons. The number of rotatable bonds is 3. The minimum Gasteiger partial charge on any atom is -0.422 e. The summed E-state index contributed by atoms with van der Waals surface area (Å²) < 4.78 is 10.7. The molecule has 3 aliphatic rings. The van der Waals surface area contributed by atoms with Crippen LogP contribution in [0, 0.1) is 5.41 Å². The number of morpholine rings is 1. The van der Waals surface area contributed by atoms with Crippen molar-refractivity contribution < 1.29 is 19.1 Å². The van der Waals surface area contributed by atoms with Crippen LogP contribution in [0.3, 0.4) is 0 Å². The highest BCUT2D eigenvalue weighted by Crippen LogP contribution is 2.30. The Bertz CT molecular complexity index is 1170. The third-order valence-corrected chi connectivity index (χ3v) is 6.67. The van der Waals surface area contributed by atoms with E-state index in [9.17, 15) is 9.59 Å². The Morgan fingerprint density at radius 3 is 2.66 bits per heavy atom. The second-order valence-corrected chi connectivity index (χ2v) is 8.82. The van der Waals surface area contributed by atoms with Gasteiger partial charge in [-0.3, -0.25) is 10.2 Å². The summed E-state index contributed by atoms with van der Waals surface area (Å²) in [6.07, 6.45) is 1.59.